The average molecular weight is 262 g/mol. The maximum Gasteiger partial charge on any atom is 0.210 e. The largest absolute Gasteiger partial charge is 0.504 e. The topological polar surface area (TPSA) is 46.5 Å². The number of carbonyl (C=O) groups excluding carboxylic acids is 1. The molecule has 0 aliphatic carbocycles. The summed E-state index contributed by atoms with van der Waals surface area (Å²) in [5, 5.41) is 9.33. The molecule has 1 rings (SSSR count). The molecule has 0 saturated carbocycles. The minimum absolute atomic E-state index is 0.0113. The standard InChI is InChI=1S/C12H13F3O3/c1-3-4-5-18-12-9(14)8(13)7(6(2)16)11(17)10(12)15/h17H,3-5H2,1-2H3. The molecular formula is C12H13F3O3. The van der Waals surface area contributed by atoms with Crippen LogP contribution in [-0.2, 0) is 0 Å². The molecule has 0 unspecified atom stereocenters. The number of phenols is 1. The van der Waals surface area contributed by atoms with E-state index in [1.165, 1.54) is 0 Å². The summed E-state index contributed by atoms with van der Waals surface area (Å²) in [6.45, 7) is 2.73. The fourth-order valence-electron chi connectivity index (χ4n) is 1.39. The predicted octanol–water partition coefficient (Wildman–Crippen LogP) is 3.19. The van der Waals surface area contributed by atoms with Gasteiger partial charge in [-0.25, -0.2) is 4.39 Å². The van der Waals surface area contributed by atoms with Crippen molar-refractivity contribution in [2.24, 2.45) is 0 Å². The van der Waals surface area contributed by atoms with Crippen molar-refractivity contribution in [2.75, 3.05) is 6.61 Å². The lowest BCUT2D eigenvalue weighted by Crippen LogP contribution is -2.08. The summed E-state index contributed by atoms with van der Waals surface area (Å²) in [6.07, 6.45) is 1.25. The van der Waals surface area contributed by atoms with Crippen LogP contribution in [0.1, 0.15) is 37.0 Å². The van der Waals surface area contributed by atoms with Crippen molar-refractivity contribution in [3.63, 3.8) is 0 Å². The van der Waals surface area contributed by atoms with Crippen molar-refractivity contribution < 1.29 is 27.8 Å². The average Bonchev–Trinajstić information content (AvgIpc) is 2.31. The van der Waals surface area contributed by atoms with Gasteiger partial charge in [-0.15, -0.1) is 0 Å². The van der Waals surface area contributed by atoms with Crippen molar-refractivity contribution in [2.45, 2.75) is 26.7 Å². The number of carbonyl (C=O) groups is 1. The van der Waals surface area contributed by atoms with Crippen LogP contribution in [0.25, 0.3) is 0 Å². The number of rotatable bonds is 5. The van der Waals surface area contributed by atoms with E-state index >= 15 is 0 Å². The number of ketones is 1. The van der Waals surface area contributed by atoms with Gasteiger partial charge in [0, 0.05) is 0 Å². The zero-order chi connectivity index (χ0) is 13.9. The first-order valence-corrected chi connectivity index (χ1v) is 5.44. The van der Waals surface area contributed by atoms with E-state index in [2.05, 4.69) is 0 Å². The molecule has 0 radical (unpaired) electrons. The van der Waals surface area contributed by atoms with Gasteiger partial charge in [0.05, 0.1) is 6.61 Å². The first kappa shape index (κ1) is 14.3. The molecule has 0 atom stereocenters. The van der Waals surface area contributed by atoms with E-state index in [4.69, 9.17) is 4.74 Å². The number of ether oxygens (including phenoxy) is 1. The second-order valence-electron chi connectivity index (χ2n) is 3.75. The number of hydrogen-bond acceptors (Lipinski definition) is 3. The number of unbranched alkanes of at least 4 members (excludes halogenated alkanes) is 1. The number of halogens is 3. The molecule has 1 N–H and O–H groups in total. The smallest absolute Gasteiger partial charge is 0.210 e. The summed E-state index contributed by atoms with van der Waals surface area (Å²) in [5.74, 6) is -7.87. The molecule has 0 saturated heterocycles. The summed E-state index contributed by atoms with van der Waals surface area (Å²) in [5.41, 5.74) is -1.01. The fourth-order valence-corrected chi connectivity index (χ4v) is 1.39. The minimum atomic E-state index is -1.60. The predicted molar refractivity (Wildman–Crippen MR) is 58.4 cm³/mol. The molecule has 0 fully saturated rings. The maximum atomic E-state index is 13.6. The zero-order valence-corrected chi connectivity index (χ0v) is 10.0. The Bertz CT molecular complexity index is 443. The second kappa shape index (κ2) is 5.75. The molecule has 0 spiro atoms. The molecule has 1 aromatic carbocycles. The summed E-state index contributed by atoms with van der Waals surface area (Å²) in [4.78, 5) is 11.0. The minimum Gasteiger partial charge on any atom is -0.504 e. The molecule has 0 aromatic heterocycles. The molecule has 0 bridgehead atoms. The summed E-state index contributed by atoms with van der Waals surface area (Å²) < 4.78 is 45.2. The van der Waals surface area contributed by atoms with Gasteiger partial charge < -0.3 is 9.84 Å². The Kier molecular flexibility index (Phi) is 4.58. The molecule has 0 heterocycles. The third-order valence-electron chi connectivity index (χ3n) is 2.35. The molecule has 18 heavy (non-hydrogen) atoms. The number of Topliss-reactive ketones (excluding diaryl/α,β-unsaturated/α-hetero) is 1. The van der Waals surface area contributed by atoms with Crippen LogP contribution in [-0.4, -0.2) is 17.5 Å². The van der Waals surface area contributed by atoms with E-state index in [9.17, 15) is 23.1 Å². The molecule has 1 aromatic rings. The van der Waals surface area contributed by atoms with Crippen molar-refractivity contribution in [1.82, 2.24) is 0 Å². The highest BCUT2D eigenvalue weighted by Gasteiger charge is 2.28. The Hall–Kier alpha value is -1.72. The highest BCUT2D eigenvalue weighted by molar-refractivity contribution is 5.97. The Morgan fingerprint density at radius 1 is 1.22 bits per heavy atom. The van der Waals surface area contributed by atoms with E-state index in [1.54, 1.807) is 0 Å². The van der Waals surface area contributed by atoms with Crippen LogP contribution in [0.3, 0.4) is 0 Å². The monoisotopic (exact) mass is 262 g/mol. The Balaban J connectivity index is 3.26. The van der Waals surface area contributed by atoms with Gasteiger partial charge >= 0.3 is 0 Å². The van der Waals surface area contributed by atoms with Gasteiger partial charge in [0.1, 0.15) is 5.56 Å². The van der Waals surface area contributed by atoms with Gasteiger partial charge in [-0.05, 0) is 13.3 Å². The second-order valence-corrected chi connectivity index (χ2v) is 3.75. The van der Waals surface area contributed by atoms with Gasteiger partial charge in [-0.3, -0.25) is 4.79 Å². The molecule has 3 nitrogen and oxygen atoms in total. The maximum absolute atomic E-state index is 13.6. The Labute approximate surface area is 102 Å². The molecule has 6 heteroatoms. The fraction of sp³-hybridized carbons (Fsp3) is 0.417. The van der Waals surface area contributed by atoms with Crippen LogP contribution in [0.15, 0.2) is 0 Å². The van der Waals surface area contributed by atoms with Crippen molar-refractivity contribution in [3.05, 3.63) is 23.0 Å². The third-order valence-corrected chi connectivity index (χ3v) is 2.35. The van der Waals surface area contributed by atoms with Crippen LogP contribution in [0.5, 0.6) is 11.5 Å². The van der Waals surface area contributed by atoms with E-state index in [0.717, 1.165) is 13.3 Å². The number of hydrogen-bond donors (Lipinski definition) is 1. The van der Waals surface area contributed by atoms with E-state index in [-0.39, 0.29) is 6.61 Å². The zero-order valence-electron chi connectivity index (χ0n) is 10.0. The first-order chi connectivity index (χ1) is 8.41. The van der Waals surface area contributed by atoms with Gasteiger partial charge in [0.2, 0.25) is 11.6 Å². The van der Waals surface area contributed by atoms with Crippen molar-refractivity contribution in [3.8, 4) is 11.5 Å². The van der Waals surface area contributed by atoms with E-state index < -0.39 is 40.3 Å². The lowest BCUT2D eigenvalue weighted by Gasteiger charge is -2.12. The summed E-state index contributed by atoms with van der Waals surface area (Å²) in [7, 11) is 0. The molecular weight excluding hydrogens is 249 g/mol. The highest BCUT2D eigenvalue weighted by Crippen LogP contribution is 2.35. The van der Waals surface area contributed by atoms with E-state index in [1.807, 2.05) is 6.92 Å². The molecule has 0 aliphatic rings. The Morgan fingerprint density at radius 2 is 1.83 bits per heavy atom. The first-order valence-electron chi connectivity index (χ1n) is 5.44. The third kappa shape index (κ3) is 2.57. The normalized spacial score (nSPS) is 10.5. The van der Waals surface area contributed by atoms with E-state index in [0.29, 0.717) is 6.42 Å². The lowest BCUT2D eigenvalue weighted by atomic mass is 10.1. The van der Waals surface area contributed by atoms with Crippen LogP contribution >= 0.6 is 0 Å². The van der Waals surface area contributed by atoms with Crippen molar-refractivity contribution >= 4 is 5.78 Å². The quantitative estimate of drug-likeness (QED) is 0.503. The highest BCUT2D eigenvalue weighted by atomic mass is 19.2. The van der Waals surface area contributed by atoms with Gasteiger partial charge in [0.25, 0.3) is 0 Å². The molecule has 0 aliphatic heterocycles. The van der Waals surface area contributed by atoms with Crippen LogP contribution < -0.4 is 4.74 Å². The number of aromatic hydroxyl groups is 1. The SMILES string of the molecule is CCCCOc1c(F)c(O)c(C(C)=O)c(F)c1F. The van der Waals surface area contributed by atoms with Gasteiger partial charge in [-0.2, -0.15) is 8.78 Å². The molecule has 0 amide bonds. The summed E-state index contributed by atoms with van der Waals surface area (Å²) >= 11 is 0. The Morgan fingerprint density at radius 3 is 2.33 bits per heavy atom. The summed E-state index contributed by atoms with van der Waals surface area (Å²) in [6, 6.07) is 0. The van der Waals surface area contributed by atoms with Crippen molar-refractivity contribution in [1.29, 1.82) is 0 Å². The van der Waals surface area contributed by atoms with Gasteiger partial charge in [-0.1, -0.05) is 13.3 Å². The number of benzene rings is 1. The number of phenolic OH excluding ortho intramolecular Hbond substituents is 1. The van der Waals surface area contributed by atoms with Crippen LogP contribution in [0.4, 0.5) is 13.2 Å². The van der Waals surface area contributed by atoms with Crippen LogP contribution in [0.2, 0.25) is 0 Å². The van der Waals surface area contributed by atoms with Gasteiger partial charge in [0.15, 0.2) is 23.1 Å². The van der Waals surface area contributed by atoms with Crippen LogP contribution in [0, 0.1) is 17.5 Å². The lowest BCUT2D eigenvalue weighted by molar-refractivity contribution is 0.100. The molecule has 100 valence electrons.